The minimum absolute atomic E-state index is 0.0877. The number of rotatable bonds is 7. The van der Waals surface area contributed by atoms with E-state index in [1.165, 1.54) is 12.1 Å². The molecule has 0 radical (unpaired) electrons. The number of fused-ring (bicyclic) bond motifs is 1. The van der Waals surface area contributed by atoms with E-state index >= 15 is 0 Å². The number of carbonyl (C=O) groups excluding carboxylic acids is 1. The van der Waals surface area contributed by atoms with Gasteiger partial charge in [-0.15, -0.1) is 0 Å². The number of hydrogen-bond acceptors (Lipinski definition) is 6. The maximum absolute atomic E-state index is 14.1. The number of alkyl halides is 3. The number of carbonyl (C=O) groups is 1. The second-order valence-electron chi connectivity index (χ2n) is 11.1. The molecule has 0 saturated carbocycles. The fourth-order valence-corrected chi connectivity index (χ4v) is 5.36. The van der Waals surface area contributed by atoms with Gasteiger partial charge >= 0.3 is 6.18 Å². The van der Waals surface area contributed by atoms with E-state index in [0.29, 0.717) is 30.0 Å². The number of nitrogens with one attached hydrogen (secondary N) is 3. The molecule has 3 N–H and O–H groups in total. The summed E-state index contributed by atoms with van der Waals surface area (Å²) in [5.74, 6) is -0.507. The van der Waals surface area contributed by atoms with Gasteiger partial charge in [0.1, 0.15) is 5.65 Å². The van der Waals surface area contributed by atoms with Crippen LogP contribution in [0.25, 0.3) is 22.3 Å². The number of hydrogen-bond donors (Lipinski definition) is 3. The van der Waals surface area contributed by atoms with Gasteiger partial charge in [-0.05, 0) is 73.6 Å². The van der Waals surface area contributed by atoms with E-state index in [1.807, 2.05) is 49.3 Å². The summed E-state index contributed by atoms with van der Waals surface area (Å²) in [6.45, 7) is 5.15. The fourth-order valence-electron chi connectivity index (χ4n) is 5.36. The second-order valence-corrected chi connectivity index (χ2v) is 11.1. The molecule has 2 aromatic carbocycles. The van der Waals surface area contributed by atoms with Crippen molar-refractivity contribution in [1.82, 2.24) is 24.8 Å². The zero-order valence-electron chi connectivity index (χ0n) is 24.4. The van der Waals surface area contributed by atoms with Crippen LogP contribution in [0.5, 0.6) is 0 Å². The van der Waals surface area contributed by atoms with Crippen molar-refractivity contribution in [2.45, 2.75) is 19.6 Å². The van der Waals surface area contributed by atoms with Crippen LogP contribution in [0.2, 0.25) is 0 Å². The molecular formula is C33H32F3N7O. The van der Waals surface area contributed by atoms with E-state index in [4.69, 9.17) is 4.98 Å². The van der Waals surface area contributed by atoms with Crippen LogP contribution < -0.4 is 10.6 Å². The Kier molecular flexibility index (Phi) is 8.07. The molecule has 0 spiro atoms. The summed E-state index contributed by atoms with van der Waals surface area (Å²) in [5, 5.41) is 6.97. The Morgan fingerprint density at radius 2 is 1.73 bits per heavy atom. The molecule has 4 heterocycles. The Morgan fingerprint density at radius 3 is 2.48 bits per heavy atom. The molecule has 5 aromatic rings. The number of likely N-dealkylation sites (N-methyl/N-ethyl adjacent to an activating group) is 1. The van der Waals surface area contributed by atoms with E-state index in [0.717, 1.165) is 47.1 Å². The number of halogens is 3. The molecule has 8 nitrogen and oxygen atoms in total. The van der Waals surface area contributed by atoms with Gasteiger partial charge in [-0.2, -0.15) is 13.2 Å². The quantitative estimate of drug-likeness (QED) is 0.193. The van der Waals surface area contributed by atoms with Crippen molar-refractivity contribution in [1.29, 1.82) is 0 Å². The van der Waals surface area contributed by atoms with Gasteiger partial charge in [0.15, 0.2) is 0 Å². The van der Waals surface area contributed by atoms with Crippen LogP contribution in [0.3, 0.4) is 0 Å². The lowest BCUT2D eigenvalue weighted by molar-refractivity contribution is -0.138. The summed E-state index contributed by atoms with van der Waals surface area (Å²) < 4.78 is 42.2. The number of anilines is 3. The maximum Gasteiger partial charge on any atom is 0.416 e. The average Bonchev–Trinajstić information content (AvgIpc) is 3.49. The van der Waals surface area contributed by atoms with Crippen molar-refractivity contribution < 1.29 is 18.0 Å². The smallest absolute Gasteiger partial charge is 0.355 e. The number of nitrogens with zero attached hydrogens (tertiary/aromatic N) is 4. The van der Waals surface area contributed by atoms with E-state index in [2.05, 4.69) is 25.5 Å². The van der Waals surface area contributed by atoms with E-state index in [-0.39, 0.29) is 17.8 Å². The van der Waals surface area contributed by atoms with Crippen LogP contribution >= 0.6 is 0 Å². The van der Waals surface area contributed by atoms with Crippen LogP contribution in [0, 0.1) is 6.92 Å². The van der Waals surface area contributed by atoms with Crippen molar-refractivity contribution >= 4 is 34.0 Å². The number of aryl methyl sites for hydroxylation is 1. The van der Waals surface area contributed by atoms with Crippen molar-refractivity contribution in [3.8, 4) is 11.3 Å². The molecule has 0 bridgehead atoms. The highest BCUT2D eigenvalue weighted by Crippen LogP contribution is 2.35. The zero-order valence-corrected chi connectivity index (χ0v) is 24.4. The summed E-state index contributed by atoms with van der Waals surface area (Å²) in [5.41, 5.74) is 4.56. The number of aromatic nitrogens is 3. The molecule has 1 amide bonds. The molecule has 6 rings (SSSR count). The Hall–Kier alpha value is -4.74. The monoisotopic (exact) mass is 599 g/mol. The van der Waals surface area contributed by atoms with Crippen LogP contribution in [-0.4, -0.2) is 63.9 Å². The molecule has 0 unspecified atom stereocenters. The number of aromatic amines is 1. The normalized spacial score (nSPS) is 14.6. The van der Waals surface area contributed by atoms with Crippen LogP contribution in [0.15, 0.2) is 79.3 Å². The van der Waals surface area contributed by atoms with E-state index in [1.54, 1.807) is 30.6 Å². The molecule has 1 aliphatic rings. The minimum atomic E-state index is -4.55. The second kappa shape index (κ2) is 12.1. The van der Waals surface area contributed by atoms with E-state index < -0.39 is 17.6 Å². The topological polar surface area (TPSA) is 89.2 Å². The molecule has 11 heteroatoms. The summed E-state index contributed by atoms with van der Waals surface area (Å²) in [4.78, 5) is 29.4. The van der Waals surface area contributed by atoms with Gasteiger partial charge in [-0.1, -0.05) is 12.1 Å². The third-order valence-electron chi connectivity index (χ3n) is 7.94. The van der Waals surface area contributed by atoms with Crippen LogP contribution in [0.1, 0.15) is 27.0 Å². The Bertz CT molecular complexity index is 1800. The summed E-state index contributed by atoms with van der Waals surface area (Å²) in [6, 6.07) is 16.8. The highest BCUT2D eigenvalue weighted by atomic mass is 19.4. The standard InChI is InChI=1S/C33H32F3N7O/c1-21-3-4-23(17-28(21)40-30-19-29(22-7-10-37-11-8-22)41-31-26(30)9-12-38-31)32(44)39-25-6-5-24(27(18-25)33(34,35)36)20-43-15-13-42(2)14-16-43/h3-12,17-19H,13-16,20H2,1-2H3,(H,39,44)(H2,38,40,41). The van der Waals surface area contributed by atoms with Gasteiger partial charge in [0.2, 0.25) is 0 Å². The lowest BCUT2D eigenvalue weighted by Gasteiger charge is -2.33. The Labute approximate surface area is 252 Å². The van der Waals surface area contributed by atoms with Crippen LogP contribution in [0.4, 0.5) is 30.2 Å². The number of amides is 1. The number of pyridine rings is 2. The third-order valence-corrected chi connectivity index (χ3v) is 7.94. The first-order chi connectivity index (χ1) is 21.1. The molecule has 1 saturated heterocycles. The predicted octanol–water partition coefficient (Wildman–Crippen LogP) is 6.70. The van der Waals surface area contributed by atoms with E-state index in [9.17, 15) is 18.0 Å². The van der Waals surface area contributed by atoms with Crippen molar-refractivity contribution in [3.63, 3.8) is 0 Å². The van der Waals surface area contributed by atoms with Gasteiger partial charge in [0.05, 0.1) is 16.9 Å². The SMILES string of the molecule is Cc1ccc(C(=O)Nc2ccc(CN3CCN(C)CC3)c(C(F)(F)F)c2)cc1Nc1cc(-c2ccncc2)nc2[nH]ccc12. The first-order valence-electron chi connectivity index (χ1n) is 14.3. The van der Waals surface area contributed by atoms with Gasteiger partial charge in [-0.3, -0.25) is 14.7 Å². The molecule has 0 aliphatic carbocycles. The molecular weight excluding hydrogens is 567 g/mol. The van der Waals surface area contributed by atoms with Gasteiger partial charge in [0, 0.05) is 79.2 Å². The molecule has 1 aliphatic heterocycles. The molecule has 1 fully saturated rings. The summed E-state index contributed by atoms with van der Waals surface area (Å²) >= 11 is 0. The highest BCUT2D eigenvalue weighted by molar-refractivity contribution is 6.05. The molecule has 44 heavy (non-hydrogen) atoms. The Balaban J connectivity index is 1.24. The zero-order chi connectivity index (χ0) is 30.8. The number of benzene rings is 2. The molecule has 226 valence electrons. The highest BCUT2D eigenvalue weighted by Gasteiger charge is 2.34. The fraction of sp³-hybridized carbons (Fsp3) is 0.242. The van der Waals surface area contributed by atoms with Gasteiger partial charge in [-0.25, -0.2) is 4.98 Å². The number of piperazine rings is 1. The molecule has 3 aromatic heterocycles. The lowest BCUT2D eigenvalue weighted by atomic mass is 10.0. The maximum atomic E-state index is 14.1. The first kappa shape index (κ1) is 29.3. The number of H-pyrrole nitrogens is 1. The predicted molar refractivity (Wildman–Crippen MR) is 166 cm³/mol. The minimum Gasteiger partial charge on any atom is -0.355 e. The molecule has 0 atom stereocenters. The Morgan fingerprint density at radius 1 is 0.955 bits per heavy atom. The van der Waals surface area contributed by atoms with Crippen molar-refractivity contribution in [3.05, 3.63) is 102 Å². The first-order valence-corrected chi connectivity index (χ1v) is 14.3. The van der Waals surface area contributed by atoms with Gasteiger partial charge < -0.3 is 20.5 Å². The average molecular weight is 600 g/mol. The van der Waals surface area contributed by atoms with Gasteiger partial charge in [0.25, 0.3) is 5.91 Å². The largest absolute Gasteiger partial charge is 0.416 e. The third kappa shape index (κ3) is 6.43. The van der Waals surface area contributed by atoms with Crippen LogP contribution in [-0.2, 0) is 12.7 Å². The lowest BCUT2D eigenvalue weighted by Crippen LogP contribution is -2.44. The summed E-state index contributed by atoms with van der Waals surface area (Å²) in [7, 11) is 2.00. The summed E-state index contributed by atoms with van der Waals surface area (Å²) in [6.07, 6.45) is 0.663. The van der Waals surface area contributed by atoms with Crippen molar-refractivity contribution in [2.24, 2.45) is 0 Å². The van der Waals surface area contributed by atoms with Crippen molar-refractivity contribution in [2.75, 3.05) is 43.9 Å².